The van der Waals surface area contributed by atoms with E-state index in [4.69, 9.17) is 4.42 Å². The maximum Gasteiger partial charge on any atom is 0.313 e. The molecule has 7 nitrogen and oxygen atoms in total. The van der Waals surface area contributed by atoms with Crippen molar-refractivity contribution >= 4 is 28.5 Å². The van der Waals surface area contributed by atoms with E-state index in [1.807, 2.05) is 31.2 Å². The number of aromatic nitrogens is 1. The van der Waals surface area contributed by atoms with E-state index in [0.29, 0.717) is 12.2 Å². The van der Waals surface area contributed by atoms with Crippen LogP contribution >= 0.6 is 0 Å². The zero-order valence-corrected chi connectivity index (χ0v) is 13.6. The molecule has 0 fully saturated rings. The van der Waals surface area contributed by atoms with Gasteiger partial charge in [-0.15, -0.1) is 0 Å². The first kappa shape index (κ1) is 16.5. The van der Waals surface area contributed by atoms with Gasteiger partial charge in [0.2, 0.25) is 0 Å². The van der Waals surface area contributed by atoms with E-state index in [-0.39, 0.29) is 12.1 Å². The average Bonchev–Trinajstić information content (AvgIpc) is 3.04. The molecule has 0 aliphatic carbocycles. The SMILES string of the molecule is CCn1cc(NC(=O)C(=O)NCc2coc3ccccc23)ccc1=O. The van der Waals surface area contributed by atoms with Crippen LogP contribution in [0.5, 0.6) is 0 Å². The molecular formula is C18H17N3O4. The van der Waals surface area contributed by atoms with E-state index in [2.05, 4.69) is 10.6 Å². The van der Waals surface area contributed by atoms with Gasteiger partial charge in [-0.25, -0.2) is 0 Å². The highest BCUT2D eigenvalue weighted by molar-refractivity contribution is 6.39. The predicted octanol–water partition coefficient (Wildman–Crippen LogP) is 1.87. The second-order valence-corrected chi connectivity index (χ2v) is 5.44. The number of hydrogen-bond acceptors (Lipinski definition) is 4. The molecular weight excluding hydrogens is 322 g/mol. The number of furan rings is 1. The van der Waals surface area contributed by atoms with Gasteiger partial charge in [-0.3, -0.25) is 14.4 Å². The summed E-state index contributed by atoms with van der Waals surface area (Å²) in [6, 6.07) is 10.2. The van der Waals surface area contributed by atoms with Crippen molar-refractivity contribution in [2.75, 3.05) is 5.32 Å². The minimum atomic E-state index is -0.797. The fourth-order valence-electron chi connectivity index (χ4n) is 2.47. The number of hydrogen-bond donors (Lipinski definition) is 2. The highest BCUT2D eigenvalue weighted by Crippen LogP contribution is 2.20. The first-order valence-corrected chi connectivity index (χ1v) is 7.83. The zero-order chi connectivity index (χ0) is 17.8. The molecule has 0 unspecified atom stereocenters. The number of para-hydroxylation sites is 1. The largest absolute Gasteiger partial charge is 0.464 e. The van der Waals surface area contributed by atoms with E-state index in [0.717, 1.165) is 16.5 Å². The van der Waals surface area contributed by atoms with Gasteiger partial charge in [0.15, 0.2) is 0 Å². The van der Waals surface area contributed by atoms with Crippen molar-refractivity contribution in [3.63, 3.8) is 0 Å². The lowest BCUT2D eigenvalue weighted by atomic mass is 10.2. The lowest BCUT2D eigenvalue weighted by Gasteiger charge is -2.08. The molecule has 128 valence electrons. The standard InChI is InChI=1S/C18H17N3O4/c1-2-21-10-13(7-8-16(21)22)20-18(24)17(23)19-9-12-11-25-15-6-4-3-5-14(12)15/h3-8,10-11H,2,9H2,1H3,(H,19,23)(H,20,24). The van der Waals surface area contributed by atoms with Crippen molar-refractivity contribution in [2.45, 2.75) is 20.0 Å². The molecule has 1 aromatic carbocycles. The van der Waals surface area contributed by atoms with Crippen LogP contribution in [0.3, 0.4) is 0 Å². The molecule has 0 aliphatic rings. The lowest BCUT2D eigenvalue weighted by Crippen LogP contribution is -2.35. The van der Waals surface area contributed by atoms with Gasteiger partial charge in [-0.2, -0.15) is 0 Å². The number of fused-ring (bicyclic) bond motifs is 1. The Bertz CT molecular complexity index is 987. The van der Waals surface area contributed by atoms with Crippen LogP contribution in [0.1, 0.15) is 12.5 Å². The molecule has 25 heavy (non-hydrogen) atoms. The number of pyridine rings is 1. The highest BCUT2D eigenvalue weighted by Gasteiger charge is 2.15. The number of nitrogens with one attached hydrogen (secondary N) is 2. The number of aryl methyl sites for hydroxylation is 1. The van der Waals surface area contributed by atoms with Crippen molar-refractivity contribution in [1.29, 1.82) is 0 Å². The Morgan fingerprint density at radius 3 is 2.72 bits per heavy atom. The van der Waals surface area contributed by atoms with Gasteiger partial charge in [-0.05, 0) is 19.1 Å². The highest BCUT2D eigenvalue weighted by atomic mass is 16.3. The van der Waals surface area contributed by atoms with Crippen LogP contribution in [0.2, 0.25) is 0 Å². The molecule has 2 amide bonds. The quantitative estimate of drug-likeness (QED) is 0.710. The molecule has 3 aromatic rings. The van der Waals surface area contributed by atoms with Crippen molar-refractivity contribution in [2.24, 2.45) is 0 Å². The first-order valence-electron chi connectivity index (χ1n) is 7.83. The summed E-state index contributed by atoms with van der Waals surface area (Å²) in [6.45, 7) is 2.47. The third kappa shape index (κ3) is 3.60. The molecule has 0 bridgehead atoms. The van der Waals surface area contributed by atoms with Gasteiger partial charge < -0.3 is 19.6 Å². The topological polar surface area (TPSA) is 93.3 Å². The van der Waals surface area contributed by atoms with E-state index >= 15 is 0 Å². The van der Waals surface area contributed by atoms with Crippen molar-refractivity contribution in [1.82, 2.24) is 9.88 Å². The number of benzene rings is 1. The van der Waals surface area contributed by atoms with Gasteiger partial charge >= 0.3 is 11.8 Å². The Kier molecular flexibility index (Phi) is 4.65. The van der Waals surface area contributed by atoms with E-state index < -0.39 is 11.8 Å². The number of nitrogens with zero attached hydrogens (tertiary/aromatic N) is 1. The van der Waals surface area contributed by atoms with E-state index in [1.165, 1.54) is 22.9 Å². The van der Waals surface area contributed by atoms with Gasteiger partial charge in [0.05, 0.1) is 12.0 Å². The Morgan fingerprint density at radius 1 is 1.12 bits per heavy atom. The molecule has 0 radical (unpaired) electrons. The van der Waals surface area contributed by atoms with Gasteiger partial charge in [-0.1, -0.05) is 18.2 Å². The monoisotopic (exact) mass is 339 g/mol. The maximum atomic E-state index is 12.0. The maximum absolute atomic E-state index is 12.0. The Morgan fingerprint density at radius 2 is 1.92 bits per heavy atom. The molecule has 0 spiro atoms. The van der Waals surface area contributed by atoms with Crippen LogP contribution < -0.4 is 16.2 Å². The summed E-state index contributed by atoms with van der Waals surface area (Å²) in [5.74, 6) is -1.56. The summed E-state index contributed by atoms with van der Waals surface area (Å²) in [4.78, 5) is 35.5. The Labute approximate surface area is 143 Å². The molecule has 0 atom stereocenters. The Balaban J connectivity index is 1.63. The van der Waals surface area contributed by atoms with Crippen molar-refractivity contribution in [3.05, 3.63) is 64.8 Å². The molecule has 0 aliphatic heterocycles. The van der Waals surface area contributed by atoms with Gasteiger partial charge in [0, 0.05) is 36.3 Å². The van der Waals surface area contributed by atoms with Crippen LogP contribution in [-0.4, -0.2) is 16.4 Å². The molecule has 2 N–H and O–H groups in total. The minimum Gasteiger partial charge on any atom is -0.464 e. The van der Waals surface area contributed by atoms with Crippen molar-refractivity contribution in [3.8, 4) is 0 Å². The molecule has 2 heterocycles. The summed E-state index contributed by atoms with van der Waals surface area (Å²) in [5, 5.41) is 5.92. The lowest BCUT2D eigenvalue weighted by molar-refractivity contribution is -0.136. The predicted molar refractivity (Wildman–Crippen MR) is 93.1 cm³/mol. The smallest absolute Gasteiger partial charge is 0.313 e. The molecule has 7 heteroatoms. The molecule has 0 saturated carbocycles. The zero-order valence-electron chi connectivity index (χ0n) is 13.6. The average molecular weight is 339 g/mol. The summed E-state index contributed by atoms with van der Waals surface area (Å²) in [7, 11) is 0. The van der Waals surface area contributed by atoms with Crippen LogP contribution in [0.25, 0.3) is 11.0 Å². The van der Waals surface area contributed by atoms with Crippen LogP contribution in [0.15, 0.2) is 58.1 Å². The van der Waals surface area contributed by atoms with Crippen molar-refractivity contribution < 1.29 is 14.0 Å². The third-order valence-electron chi connectivity index (χ3n) is 3.79. The van der Waals surface area contributed by atoms with Gasteiger partial charge in [0.1, 0.15) is 5.58 Å². The summed E-state index contributed by atoms with van der Waals surface area (Å²) < 4.78 is 6.83. The molecule has 3 rings (SSSR count). The van der Waals surface area contributed by atoms with Crippen LogP contribution in [-0.2, 0) is 22.7 Å². The van der Waals surface area contributed by atoms with Crippen LogP contribution in [0, 0.1) is 0 Å². The van der Waals surface area contributed by atoms with E-state index in [1.54, 1.807) is 6.26 Å². The number of anilines is 1. The first-order chi connectivity index (χ1) is 12.1. The van der Waals surface area contributed by atoms with Gasteiger partial charge in [0.25, 0.3) is 5.56 Å². The normalized spacial score (nSPS) is 10.6. The van der Waals surface area contributed by atoms with Crippen LogP contribution in [0.4, 0.5) is 5.69 Å². The van der Waals surface area contributed by atoms with E-state index in [9.17, 15) is 14.4 Å². The summed E-state index contributed by atoms with van der Waals surface area (Å²) in [5.41, 5.74) is 1.72. The fraction of sp³-hybridized carbons (Fsp3) is 0.167. The summed E-state index contributed by atoms with van der Waals surface area (Å²) >= 11 is 0. The number of carbonyl (C=O) groups excluding carboxylic acids is 2. The third-order valence-corrected chi connectivity index (χ3v) is 3.79. The number of rotatable bonds is 4. The second-order valence-electron chi connectivity index (χ2n) is 5.44. The minimum absolute atomic E-state index is 0.170. The molecule has 2 aromatic heterocycles. The summed E-state index contributed by atoms with van der Waals surface area (Å²) in [6.07, 6.45) is 3.05. The number of carbonyl (C=O) groups is 2. The molecule has 0 saturated heterocycles. The fourth-order valence-corrected chi connectivity index (χ4v) is 2.47. The Hall–Kier alpha value is -3.35. The second kappa shape index (κ2) is 7.04. The number of amides is 2.